The first kappa shape index (κ1) is 18.4. The molecule has 0 aliphatic heterocycles. The molecule has 0 fully saturated rings. The van der Waals surface area contributed by atoms with Crippen molar-refractivity contribution in [1.29, 1.82) is 0 Å². The Morgan fingerprint density at radius 1 is 0.864 bits per heavy atom. The molecular weight excluding hydrogens is 274 g/mol. The van der Waals surface area contributed by atoms with Crippen LogP contribution in [0, 0.1) is 0 Å². The molecule has 1 aromatic rings. The van der Waals surface area contributed by atoms with Gasteiger partial charge in [-0.25, -0.2) is 4.79 Å². The van der Waals surface area contributed by atoms with Gasteiger partial charge in [-0.2, -0.15) is 4.99 Å². The van der Waals surface area contributed by atoms with Crippen molar-refractivity contribution in [2.45, 2.75) is 71.1 Å². The molecule has 0 unspecified atom stereocenters. The van der Waals surface area contributed by atoms with E-state index in [1.165, 1.54) is 63.9 Å². The lowest BCUT2D eigenvalue weighted by atomic mass is 10.1. The van der Waals surface area contributed by atoms with Crippen molar-refractivity contribution < 1.29 is 9.53 Å². The lowest BCUT2D eigenvalue weighted by molar-refractivity contribution is 0.304. The summed E-state index contributed by atoms with van der Waals surface area (Å²) < 4.78 is 5.67. The van der Waals surface area contributed by atoms with Gasteiger partial charge in [0.1, 0.15) is 5.75 Å². The summed E-state index contributed by atoms with van der Waals surface area (Å²) in [6, 6.07) is 7.20. The van der Waals surface area contributed by atoms with E-state index in [4.69, 9.17) is 4.74 Å². The standard InChI is InChI=1S/C19H29NO2/c1-2-3-4-5-6-7-8-9-10-11-16-22-19-14-12-18(13-15-19)20-17-21/h12-15H,2-11,16H2,1H3. The summed E-state index contributed by atoms with van der Waals surface area (Å²) >= 11 is 0. The van der Waals surface area contributed by atoms with Crippen LogP contribution in [0.3, 0.4) is 0 Å². The van der Waals surface area contributed by atoms with Gasteiger partial charge in [-0.3, -0.25) is 0 Å². The van der Waals surface area contributed by atoms with Crippen molar-refractivity contribution in [3.8, 4) is 5.75 Å². The van der Waals surface area contributed by atoms with Crippen LogP contribution in [0.5, 0.6) is 5.75 Å². The summed E-state index contributed by atoms with van der Waals surface area (Å²) in [6.07, 6.45) is 14.8. The van der Waals surface area contributed by atoms with Gasteiger partial charge in [0.05, 0.1) is 12.3 Å². The van der Waals surface area contributed by atoms with E-state index in [9.17, 15) is 4.79 Å². The quantitative estimate of drug-likeness (QED) is 0.256. The first-order valence-corrected chi connectivity index (χ1v) is 8.67. The van der Waals surface area contributed by atoms with Crippen LogP contribution in [0.4, 0.5) is 5.69 Å². The van der Waals surface area contributed by atoms with Gasteiger partial charge >= 0.3 is 0 Å². The summed E-state index contributed by atoms with van der Waals surface area (Å²) in [7, 11) is 0. The minimum Gasteiger partial charge on any atom is -0.494 e. The summed E-state index contributed by atoms with van der Waals surface area (Å²) in [4.78, 5) is 13.7. The van der Waals surface area contributed by atoms with E-state index >= 15 is 0 Å². The number of carbonyl (C=O) groups excluding carboxylic acids is 1. The highest BCUT2D eigenvalue weighted by atomic mass is 16.5. The lowest BCUT2D eigenvalue weighted by Gasteiger charge is -2.06. The van der Waals surface area contributed by atoms with E-state index in [1.807, 2.05) is 12.1 Å². The molecule has 0 atom stereocenters. The Morgan fingerprint density at radius 3 is 1.95 bits per heavy atom. The van der Waals surface area contributed by atoms with Gasteiger partial charge in [0, 0.05) is 0 Å². The van der Waals surface area contributed by atoms with Crippen LogP contribution in [0.1, 0.15) is 71.1 Å². The van der Waals surface area contributed by atoms with Gasteiger partial charge < -0.3 is 4.74 Å². The third kappa shape index (κ3) is 9.36. The van der Waals surface area contributed by atoms with Crippen molar-refractivity contribution in [2.75, 3.05) is 6.61 Å². The van der Waals surface area contributed by atoms with Crippen LogP contribution in [0.2, 0.25) is 0 Å². The predicted molar refractivity (Wildman–Crippen MR) is 91.6 cm³/mol. The van der Waals surface area contributed by atoms with E-state index in [1.54, 1.807) is 12.1 Å². The van der Waals surface area contributed by atoms with E-state index in [0.717, 1.165) is 18.8 Å². The Labute approximate surface area is 134 Å². The zero-order valence-corrected chi connectivity index (χ0v) is 13.9. The first-order valence-electron chi connectivity index (χ1n) is 8.67. The third-order valence-electron chi connectivity index (χ3n) is 3.78. The Balaban J connectivity index is 1.94. The molecule has 0 N–H and O–H groups in total. The van der Waals surface area contributed by atoms with Crippen molar-refractivity contribution in [2.24, 2.45) is 4.99 Å². The minimum atomic E-state index is 0.612. The maximum atomic E-state index is 10.1. The molecule has 0 saturated heterocycles. The fraction of sp³-hybridized carbons (Fsp3) is 0.632. The molecule has 1 aromatic carbocycles. The van der Waals surface area contributed by atoms with Crippen LogP contribution >= 0.6 is 0 Å². The maximum Gasteiger partial charge on any atom is 0.240 e. The van der Waals surface area contributed by atoms with Gasteiger partial charge in [-0.05, 0) is 30.7 Å². The zero-order chi connectivity index (χ0) is 15.9. The van der Waals surface area contributed by atoms with Crippen molar-refractivity contribution in [1.82, 2.24) is 0 Å². The van der Waals surface area contributed by atoms with Crippen molar-refractivity contribution in [3.05, 3.63) is 24.3 Å². The second-order valence-electron chi connectivity index (χ2n) is 5.73. The Morgan fingerprint density at radius 2 is 1.41 bits per heavy atom. The molecule has 22 heavy (non-hydrogen) atoms. The Bertz CT molecular complexity index is 422. The normalized spacial score (nSPS) is 10.2. The monoisotopic (exact) mass is 303 g/mol. The van der Waals surface area contributed by atoms with Gasteiger partial charge in [0.15, 0.2) is 0 Å². The molecule has 122 valence electrons. The summed E-state index contributed by atoms with van der Waals surface area (Å²) in [5.41, 5.74) is 0.612. The molecule has 0 aliphatic rings. The van der Waals surface area contributed by atoms with Crippen LogP contribution in [0.25, 0.3) is 0 Å². The highest BCUT2D eigenvalue weighted by Crippen LogP contribution is 2.18. The van der Waals surface area contributed by atoms with Crippen molar-refractivity contribution in [3.63, 3.8) is 0 Å². The second-order valence-corrected chi connectivity index (χ2v) is 5.73. The number of aliphatic imine (C=N–C) groups is 1. The molecule has 0 radical (unpaired) electrons. The number of ether oxygens (including phenoxy) is 1. The molecule has 0 saturated carbocycles. The van der Waals surface area contributed by atoms with Crippen LogP contribution in [-0.2, 0) is 4.79 Å². The number of benzene rings is 1. The second kappa shape index (κ2) is 13.1. The van der Waals surface area contributed by atoms with Crippen LogP contribution in [0.15, 0.2) is 29.3 Å². The number of nitrogens with zero attached hydrogens (tertiary/aromatic N) is 1. The largest absolute Gasteiger partial charge is 0.494 e. The van der Waals surface area contributed by atoms with Crippen molar-refractivity contribution >= 4 is 11.8 Å². The average molecular weight is 303 g/mol. The van der Waals surface area contributed by atoms with E-state index in [2.05, 4.69) is 11.9 Å². The number of unbranched alkanes of at least 4 members (excludes halogenated alkanes) is 9. The van der Waals surface area contributed by atoms with Gasteiger partial charge in [-0.1, -0.05) is 64.7 Å². The zero-order valence-electron chi connectivity index (χ0n) is 13.9. The molecule has 0 bridgehead atoms. The van der Waals surface area contributed by atoms with Crippen LogP contribution in [-0.4, -0.2) is 12.7 Å². The first-order chi connectivity index (χ1) is 10.9. The summed E-state index contributed by atoms with van der Waals surface area (Å²) in [6.45, 7) is 3.02. The topological polar surface area (TPSA) is 38.7 Å². The third-order valence-corrected chi connectivity index (χ3v) is 3.78. The maximum absolute atomic E-state index is 10.1. The molecule has 0 heterocycles. The highest BCUT2D eigenvalue weighted by molar-refractivity contribution is 5.49. The summed E-state index contributed by atoms with van der Waals surface area (Å²) in [5, 5.41) is 0. The van der Waals surface area contributed by atoms with Gasteiger partial charge in [-0.15, -0.1) is 0 Å². The Hall–Kier alpha value is -1.60. The lowest BCUT2D eigenvalue weighted by Crippen LogP contribution is -1.96. The molecule has 3 heteroatoms. The van der Waals surface area contributed by atoms with Crippen LogP contribution < -0.4 is 4.74 Å². The van der Waals surface area contributed by atoms with E-state index in [0.29, 0.717) is 5.69 Å². The predicted octanol–water partition coefficient (Wildman–Crippen LogP) is 5.95. The smallest absolute Gasteiger partial charge is 0.240 e. The molecular formula is C19H29NO2. The SMILES string of the molecule is CCCCCCCCCCCCOc1ccc(N=C=O)cc1. The molecule has 3 nitrogen and oxygen atoms in total. The average Bonchev–Trinajstić information content (AvgIpc) is 2.54. The molecule has 0 aliphatic carbocycles. The van der Waals surface area contributed by atoms with Gasteiger partial charge in [0.25, 0.3) is 0 Å². The minimum absolute atomic E-state index is 0.612. The Kier molecular flexibility index (Phi) is 11.0. The van der Waals surface area contributed by atoms with E-state index in [-0.39, 0.29) is 0 Å². The fourth-order valence-corrected chi connectivity index (χ4v) is 2.45. The number of hydrogen-bond acceptors (Lipinski definition) is 3. The molecule has 0 aromatic heterocycles. The fourth-order valence-electron chi connectivity index (χ4n) is 2.45. The molecule has 0 spiro atoms. The molecule has 0 amide bonds. The van der Waals surface area contributed by atoms with Gasteiger partial charge in [0.2, 0.25) is 6.08 Å². The molecule has 1 rings (SSSR count). The summed E-state index contributed by atoms with van der Waals surface area (Å²) in [5.74, 6) is 0.834. The number of isocyanates is 1. The van der Waals surface area contributed by atoms with E-state index < -0.39 is 0 Å². The highest BCUT2D eigenvalue weighted by Gasteiger charge is 1.96. The number of hydrogen-bond donors (Lipinski definition) is 0. The number of rotatable bonds is 13.